The van der Waals surface area contributed by atoms with E-state index in [1.807, 2.05) is 0 Å². The Balaban J connectivity index is 2.46. The summed E-state index contributed by atoms with van der Waals surface area (Å²) in [6.07, 6.45) is -5.80. The maximum absolute atomic E-state index is 13.1. The first-order valence-electron chi connectivity index (χ1n) is 6.01. The number of halogens is 3. The van der Waals surface area contributed by atoms with Gasteiger partial charge in [0.2, 0.25) is 0 Å². The van der Waals surface area contributed by atoms with Crippen molar-refractivity contribution in [2.24, 2.45) is 5.10 Å². The summed E-state index contributed by atoms with van der Waals surface area (Å²) >= 11 is 0. The van der Waals surface area contributed by atoms with E-state index in [4.69, 9.17) is 4.74 Å². The fourth-order valence-corrected chi connectivity index (χ4v) is 2.09. The fraction of sp³-hybridized carbons (Fsp3) is 0.385. The summed E-state index contributed by atoms with van der Waals surface area (Å²) < 4.78 is 44.2. The summed E-state index contributed by atoms with van der Waals surface area (Å²) in [6, 6.07) is 5.80. The number of para-hydroxylation sites is 1. The Kier molecular flexibility index (Phi) is 3.66. The lowest BCUT2D eigenvalue weighted by atomic mass is 10.1. The van der Waals surface area contributed by atoms with Gasteiger partial charge in [-0.15, -0.1) is 0 Å². The predicted molar refractivity (Wildman–Crippen MR) is 67.9 cm³/mol. The summed E-state index contributed by atoms with van der Waals surface area (Å²) in [5.41, 5.74) is -3.44. The van der Waals surface area contributed by atoms with Crippen molar-refractivity contribution in [3.63, 3.8) is 0 Å². The molecule has 0 aliphatic carbocycles. The molecular formula is C13H13F3N2O3. The molecule has 1 aromatic carbocycles. The highest BCUT2D eigenvalue weighted by Gasteiger charge is 2.62. The topological polar surface area (TPSA) is 62.1 Å². The van der Waals surface area contributed by atoms with Gasteiger partial charge in [0, 0.05) is 12.1 Å². The van der Waals surface area contributed by atoms with Gasteiger partial charge in [-0.3, -0.25) is 4.79 Å². The van der Waals surface area contributed by atoms with Gasteiger partial charge in [0.05, 0.1) is 12.7 Å². The van der Waals surface area contributed by atoms with Crippen molar-refractivity contribution < 1.29 is 27.8 Å². The van der Waals surface area contributed by atoms with Gasteiger partial charge in [-0.25, -0.2) is 0 Å². The smallest absolute Gasteiger partial charge is 0.438 e. The zero-order chi connectivity index (χ0) is 15.8. The number of aliphatic hydroxyl groups is 1. The maximum Gasteiger partial charge on any atom is 0.438 e. The number of carbonyl (C=O) groups is 1. The normalized spacial score (nSPS) is 22.2. The third-order valence-electron chi connectivity index (χ3n) is 3.11. The highest BCUT2D eigenvalue weighted by Crippen LogP contribution is 2.41. The molecule has 0 saturated heterocycles. The Bertz CT molecular complexity index is 601. The van der Waals surface area contributed by atoms with Crippen LogP contribution < -0.4 is 4.74 Å². The fourth-order valence-electron chi connectivity index (χ4n) is 2.09. The number of methoxy groups -OCH3 is 1. The largest absolute Gasteiger partial charge is 0.496 e. The number of rotatable bonds is 2. The van der Waals surface area contributed by atoms with Crippen LogP contribution in [0.4, 0.5) is 13.2 Å². The average Bonchev–Trinajstić information content (AvgIpc) is 2.74. The Labute approximate surface area is 118 Å². The monoisotopic (exact) mass is 302 g/mol. The van der Waals surface area contributed by atoms with Crippen LogP contribution in [0.2, 0.25) is 0 Å². The number of amides is 1. The van der Waals surface area contributed by atoms with Gasteiger partial charge in [0.15, 0.2) is 0 Å². The molecule has 0 saturated carbocycles. The molecule has 1 atom stereocenters. The van der Waals surface area contributed by atoms with E-state index in [-0.39, 0.29) is 22.0 Å². The number of benzene rings is 1. The van der Waals surface area contributed by atoms with Crippen LogP contribution in [0.3, 0.4) is 0 Å². The summed E-state index contributed by atoms with van der Waals surface area (Å²) in [7, 11) is 1.29. The summed E-state index contributed by atoms with van der Waals surface area (Å²) in [4.78, 5) is 12.3. The Morgan fingerprint density at radius 2 is 2.05 bits per heavy atom. The van der Waals surface area contributed by atoms with E-state index in [9.17, 15) is 23.1 Å². The third-order valence-corrected chi connectivity index (χ3v) is 3.11. The van der Waals surface area contributed by atoms with Crippen molar-refractivity contribution in [1.82, 2.24) is 5.01 Å². The van der Waals surface area contributed by atoms with Crippen molar-refractivity contribution in [1.29, 1.82) is 0 Å². The third kappa shape index (κ3) is 2.46. The molecule has 1 aliphatic rings. The molecule has 0 aromatic heterocycles. The van der Waals surface area contributed by atoms with Crippen molar-refractivity contribution in [3.8, 4) is 5.75 Å². The Morgan fingerprint density at radius 3 is 2.62 bits per heavy atom. The number of ether oxygens (including phenoxy) is 1. The van der Waals surface area contributed by atoms with E-state index in [0.29, 0.717) is 0 Å². The van der Waals surface area contributed by atoms with Gasteiger partial charge in [-0.2, -0.15) is 23.3 Å². The van der Waals surface area contributed by atoms with Crippen LogP contribution in [0.1, 0.15) is 23.7 Å². The zero-order valence-corrected chi connectivity index (χ0v) is 11.3. The lowest BCUT2D eigenvalue weighted by Gasteiger charge is -2.32. The van der Waals surface area contributed by atoms with Gasteiger partial charge in [-0.1, -0.05) is 12.1 Å². The number of nitrogens with zero attached hydrogens (tertiary/aromatic N) is 2. The van der Waals surface area contributed by atoms with Crippen molar-refractivity contribution in [2.75, 3.05) is 7.11 Å². The molecule has 21 heavy (non-hydrogen) atoms. The van der Waals surface area contributed by atoms with Crippen LogP contribution >= 0.6 is 0 Å². The molecular weight excluding hydrogens is 289 g/mol. The minimum absolute atomic E-state index is 0.0121. The molecule has 5 nitrogen and oxygen atoms in total. The minimum atomic E-state index is -5.02. The van der Waals surface area contributed by atoms with Crippen molar-refractivity contribution in [2.45, 2.75) is 25.2 Å². The van der Waals surface area contributed by atoms with E-state index in [1.54, 1.807) is 6.07 Å². The van der Waals surface area contributed by atoms with Gasteiger partial charge >= 0.3 is 6.18 Å². The molecule has 114 valence electrons. The van der Waals surface area contributed by atoms with Crippen LogP contribution in [-0.4, -0.2) is 40.7 Å². The second-order valence-electron chi connectivity index (χ2n) is 4.64. The minimum Gasteiger partial charge on any atom is -0.496 e. The standard InChI is InChI=1S/C13H13F3N2O3/c1-8-7-12(20,13(14,15)16)18(17-8)11(19)9-5-3-4-6-10(9)21-2/h3-6,20H,7H2,1-2H3/t12-/m0/s1. The molecule has 8 heteroatoms. The molecule has 0 unspecified atom stereocenters. The number of alkyl halides is 3. The van der Waals surface area contributed by atoms with Crippen LogP contribution in [0, 0.1) is 0 Å². The van der Waals surface area contributed by atoms with Crippen LogP contribution in [0.5, 0.6) is 5.75 Å². The lowest BCUT2D eigenvalue weighted by molar-refractivity contribution is -0.297. The number of hydrogen-bond acceptors (Lipinski definition) is 4. The van der Waals surface area contributed by atoms with E-state index in [0.717, 1.165) is 0 Å². The van der Waals surface area contributed by atoms with Crippen molar-refractivity contribution >= 4 is 11.6 Å². The highest BCUT2D eigenvalue weighted by molar-refractivity contribution is 5.99. The molecule has 2 rings (SSSR count). The lowest BCUT2D eigenvalue weighted by Crippen LogP contribution is -2.56. The van der Waals surface area contributed by atoms with E-state index in [2.05, 4.69) is 5.10 Å². The van der Waals surface area contributed by atoms with E-state index in [1.165, 1.54) is 32.2 Å². The number of hydrazone groups is 1. The average molecular weight is 302 g/mol. The van der Waals surface area contributed by atoms with Crippen LogP contribution in [0.25, 0.3) is 0 Å². The van der Waals surface area contributed by atoms with Crippen molar-refractivity contribution in [3.05, 3.63) is 29.8 Å². The zero-order valence-electron chi connectivity index (χ0n) is 11.3. The second-order valence-corrected chi connectivity index (χ2v) is 4.64. The Hall–Kier alpha value is -2.09. The first-order chi connectivity index (χ1) is 9.70. The molecule has 0 spiro atoms. The molecule has 1 aromatic rings. The van der Waals surface area contributed by atoms with Gasteiger partial charge in [0.25, 0.3) is 11.6 Å². The van der Waals surface area contributed by atoms with Gasteiger partial charge in [0.1, 0.15) is 5.75 Å². The Morgan fingerprint density at radius 1 is 1.43 bits per heavy atom. The second kappa shape index (κ2) is 5.03. The van der Waals surface area contributed by atoms with Gasteiger partial charge in [-0.05, 0) is 19.1 Å². The molecule has 1 heterocycles. The summed E-state index contributed by atoms with van der Waals surface area (Å²) in [5, 5.41) is 13.5. The predicted octanol–water partition coefficient (Wildman–Crippen LogP) is 2.17. The van der Waals surface area contributed by atoms with Crippen LogP contribution in [-0.2, 0) is 0 Å². The molecule has 0 fully saturated rings. The SMILES string of the molecule is COc1ccccc1C(=O)N1N=C(C)C[C@]1(O)C(F)(F)F. The molecule has 1 N–H and O–H groups in total. The highest BCUT2D eigenvalue weighted by atomic mass is 19.4. The molecule has 0 radical (unpaired) electrons. The summed E-state index contributed by atoms with van der Waals surface area (Å²) in [6.45, 7) is 1.31. The molecule has 1 amide bonds. The molecule has 1 aliphatic heterocycles. The van der Waals surface area contributed by atoms with Gasteiger partial charge < -0.3 is 9.84 Å². The number of hydrogen-bond donors (Lipinski definition) is 1. The first kappa shape index (κ1) is 15.3. The maximum atomic E-state index is 13.1. The van der Waals surface area contributed by atoms with E-state index >= 15 is 0 Å². The first-order valence-corrected chi connectivity index (χ1v) is 6.01. The molecule has 0 bridgehead atoms. The summed E-state index contributed by atoms with van der Waals surface area (Å²) in [5.74, 6) is -0.976. The van der Waals surface area contributed by atoms with Crippen LogP contribution in [0.15, 0.2) is 29.4 Å². The quantitative estimate of drug-likeness (QED) is 0.910. The number of carbonyl (C=O) groups excluding carboxylic acids is 1. The van der Waals surface area contributed by atoms with E-state index < -0.39 is 24.2 Å².